The number of amides is 1. The monoisotopic (exact) mass is 253 g/mol. The summed E-state index contributed by atoms with van der Waals surface area (Å²) in [4.78, 5) is 13.7. The molecule has 4 heteroatoms. The van der Waals surface area contributed by atoms with Gasteiger partial charge >= 0.3 is 6.09 Å². The molecular formula is C14H23NO3. The smallest absolute Gasteiger partial charge is 0.411 e. The summed E-state index contributed by atoms with van der Waals surface area (Å²) in [5.41, 5.74) is -0.516. The van der Waals surface area contributed by atoms with Gasteiger partial charge in [0, 0.05) is 6.04 Å². The number of hydrogen-bond acceptors (Lipinski definition) is 3. The van der Waals surface area contributed by atoms with Crippen LogP contribution in [0.5, 0.6) is 0 Å². The van der Waals surface area contributed by atoms with E-state index in [0.717, 1.165) is 12.8 Å². The van der Waals surface area contributed by atoms with Crippen molar-refractivity contribution >= 4 is 6.09 Å². The van der Waals surface area contributed by atoms with E-state index in [0.29, 0.717) is 12.8 Å². The van der Waals surface area contributed by atoms with Gasteiger partial charge in [-0.25, -0.2) is 4.79 Å². The number of carbonyl (C=O) groups is 1. The van der Waals surface area contributed by atoms with Crippen LogP contribution in [0.15, 0.2) is 0 Å². The van der Waals surface area contributed by atoms with Gasteiger partial charge in [-0.15, -0.1) is 6.42 Å². The number of ether oxygens (including phenoxy) is 1. The molecule has 1 fully saturated rings. The molecule has 0 atom stereocenters. The SMILES string of the molecule is C#CCN(C(=O)OC(C)(C)C)[C@H]1CC[C@H](O)CC1. The van der Waals surface area contributed by atoms with Crippen LogP contribution in [0.2, 0.25) is 0 Å². The third-order valence-electron chi connectivity index (χ3n) is 3.00. The van der Waals surface area contributed by atoms with Gasteiger partial charge in [0.1, 0.15) is 5.60 Å². The van der Waals surface area contributed by atoms with Gasteiger partial charge in [-0.3, -0.25) is 4.90 Å². The summed E-state index contributed by atoms with van der Waals surface area (Å²) in [6, 6.07) is 0.0827. The molecule has 1 N–H and O–H groups in total. The maximum absolute atomic E-state index is 12.1. The second-order valence-electron chi connectivity index (χ2n) is 5.77. The molecule has 1 aliphatic rings. The van der Waals surface area contributed by atoms with Crippen LogP contribution in [0.25, 0.3) is 0 Å². The molecule has 0 spiro atoms. The average molecular weight is 253 g/mol. The molecule has 1 saturated carbocycles. The maximum Gasteiger partial charge on any atom is 0.411 e. The fourth-order valence-corrected chi connectivity index (χ4v) is 2.13. The van der Waals surface area contributed by atoms with Crippen molar-refractivity contribution in [3.8, 4) is 12.3 Å². The first-order valence-corrected chi connectivity index (χ1v) is 6.44. The minimum absolute atomic E-state index is 0.0827. The highest BCUT2D eigenvalue weighted by molar-refractivity contribution is 5.69. The summed E-state index contributed by atoms with van der Waals surface area (Å²) in [7, 11) is 0. The Kier molecular flexibility index (Phi) is 5.03. The summed E-state index contributed by atoms with van der Waals surface area (Å²) in [6.07, 6.45) is 7.71. The predicted octanol–water partition coefficient (Wildman–Crippen LogP) is 2.16. The molecule has 0 aromatic heterocycles. The second kappa shape index (κ2) is 6.10. The standard InChI is InChI=1S/C14H23NO3/c1-5-10-15(13(17)18-14(2,3)4)11-6-8-12(16)9-7-11/h1,11-12,16H,6-10H2,2-4H3/t11-,12-. The summed E-state index contributed by atoms with van der Waals surface area (Å²) in [5, 5.41) is 9.49. The molecule has 0 heterocycles. The van der Waals surface area contributed by atoms with Gasteiger partial charge < -0.3 is 9.84 Å². The Balaban J connectivity index is 2.65. The van der Waals surface area contributed by atoms with Crippen LogP contribution >= 0.6 is 0 Å². The fraction of sp³-hybridized carbons (Fsp3) is 0.786. The van der Waals surface area contributed by atoms with E-state index < -0.39 is 5.60 Å². The van der Waals surface area contributed by atoms with Gasteiger partial charge in [-0.1, -0.05) is 5.92 Å². The van der Waals surface area contributed by atoms with Gasteiger partial charge in [0.05, 0.1) is 12.6 Å². The zero-order chi connectivity index (χ0) is 13.8. The van der Waals surface area contributed by atoms with Crippen LogP contribution in [-0.4, -0.2) is 40.4 Å². The molecule has 18 heavy (non-hydrogen) atoms. The summed E-state index contributed by atoms with van der Waals surface area (Å²) in [6.45, 7) is 5.77. The first-order valence-electron chi connectivity index (χ1n) is 6.44. The molecule has 0 bridgehead atoms. The van der Waals surface area contributed by atoms with E-state index in [2.05, 4.69) is 5.92 Å². The number of terminal acetylenes is 1. The van der Waals surface area contributed by atoms with Crippen LogP contribution in [0.1, 0.15) is 46.5 Å². The number of hydrogen-bond donors (Lipinski definition) is 1. The highest BCUT2D eigenvalue weighted by Crippen LogP contribution is 2.24. The third kappa shape index (κ3) is 4.58. The molecule has 102 valence electrons. The summed E-state index contributed by atoms with van der Waals surface area (Å²) >= 11 is 0. The lowest BCUT2D eigenvalue weighted by Gasteiger charge is -2.35. The molecule has 1 aliphatic carbocycles. The van der Waals surface area contributed by atoms with E-state index >= 15 is 0 Å². The zero-order valence-corrected chi connectivity index (χ0v) is 11.5. The Hall–Kier alpha value is -1.21. The van der Waals surface area contributed by atoms with Crippen LogP contribution in [0, 0.1) is 12.3 Å². The van der Waals surface area contributed by atoms with Crippen molar-refractivity contribution in [2.75, 3.05) is 6.54 Å². The van der Waals surface area contributed by atoms with Crippen molar-refractivity contribution in [3.63, 3.8) is 0 Å². The molecule has 1 rings (SSSR count). The van der Waals surface area contributed by atoms with Crippen molar-refractivity contribution in [2.45, 2.75) is 64.2 Å². The number of carbonyl (C=O) groups excluding carboxylic acids is 1. The third-order valence-corrected chi connectivity index (χ3v) is 3.00. The van der Waals surface area contributed by atoms with Gasteiger partial charge in [0.25, 0.3) is 0 Å². The lowest BCUT2D eigenvalue weighted by molar-refractivity contribution is 0.00878. The van der Waals surface area contributed by atoms with Crippen molar-refractivity contribution in [3.05, 3.63) is 0 Å². The fourth-order valence-electron chi connectivity index (χ4n) is 2.13. The minimum atomic E-state index is -0.516. The Morgan fingerprint density at radius 3 is 2.39 bits per heavy atom. The molecule has 0 saturated heterocycles. The highest BCUT2D eigenvalue weighted by Gasteiger charge is 2.30. The number of nitrogens with zero attached hydrogens (tertiary/aromatic N) is 1. The predicted molar refractivity (Wildman–Crippen MR) is 70.0 cm³/mol. The number of aliphatic hydroxyl groups excluding tert-OH is 1. The van der Waals surface area contributed by atoms with E-state index in [1.54, 1.807) is 4.90 Å². The Morgan fingerprint density at radius 2 is 1.94 bits per heavy atom. The molecular weight excluding hydrogens is 230 g/mol. The van der Waals surface area contributed by atoms with E-state index in [1.165, 1.54) is 0 Å². The van der Waals surface area contributed by atoms with Crippen LogP contribution in [0.3, 0.4) is 0 Å². The maximum atomic E-state index is 12.1. The lowest BCUT2D eigenvalue weighted by Crippen LogP contribution is -2.45. The minimum Gasteiger partial charge on any atom is -0.444 e. The normalized spacial score (nSPS) is 24.2. The van der Waals surface area contributed by atoms with Crippen LogP contribution in [-0.2, 0) is 4.74 Å². The van der Waals surface area contributed by atoms with E-state index in [1.807, 2.05) is 20.8 Å². The summed E-state index contributed by atoms with van der Waals surface area (Å²) in [5.74, 6) is 2.51. The number of aliphatic hydroxyl groups is 1. The van der Waals surface area contributed by atoms with Gasteiger partial charge in [-0.05, 0) is 46.5 Å². The quantitative estimate of drug-likeness (QED) is 0.767. The second-order valence-corrected chi connectivity index (χ2v) is 5.77. The van der Waals surface area contributed by atoms with Gasteiger partial charge in [0.15, 0.2) is 0 Å². The first kappa shape index (κ1) is 14.8. The average Bonchev–Trinajstić information content (AvgIpc) is 2.25. The van der Waals surface area contributed by atoms with E-state index in [-0.39, 0.29) is 24.8 Å². The molecule has 0 unspecified atom stereocenters. The van der Waals surface area contributed by atoms with Gasteiger partial charge in [-0.2, -0.15) is 0 Å². The van der Waals surface area contributed by atoms with E-state index in [9.17, 15) is 9.90 Å². The Labute approximate surface area is 109 Å². The molecule has 0 radical (unpaired) electrons. The van der Waals surface area contributed by atoms with Crippen molar-refractivity contribution in [2.24, 2.45) is 0 Å². The largest absolute Gasteiger partial charge is 0.444 e. The Morgan fingerprint density at radius 1 is 1.39 bits per heavy atom. The van der Waals surface area contributed by atoms with Crippen LogP contribution in [0.4, 0.5) is 4.79 Å². The van der Waals surface area contributed by atoms with Crippen LogP contribution < -0.4 is 0 Å². The molecule has 0 aromatic carbocycles. The lowest BCUT2D eigenvalue weighted by atomic mass is 9.92. The highest BCUT2D eigenvalue weighted by atomic mass is 16.6. The Bertz CT molecular complexity index is 319. The molecule has 1 amide bonds. The van der Waals surface area contributed by atoms with Crippen molar-refractivity contribution in [1.29, 1.82) is 0 Å². The van der Waals surface area contributed by atoms with Crippen molar-refractivity contribution < 1.29 is 14.6 Å². The first-order chi connectivity index (χ1) is 8.33. The topological polar surface area (TPSA) is 49.8 Å². The molecule has 0 aliphatic heterocycles. The summed E-state index contributed by atoms with van der Waals surface area (Å²) < 4.78 is 5.36. The van der Waals surface area contributed by atoms with Crippen molar-refractivity contribution in [1.82, 2.24) is 4.90 Å². The molecule has 4 nitrogen and oxygen atoms in total. The van der Waals surface area contributed by atoms with Gasteiger partial charge in [0.2, 0.25) is 0 Å². The number of rotatable bonds is 2. The molecule has 0 aromatic rings. The zero-order valence-electron chi connectivity index (χ0n) is 11.5. The van der Waals surface area contributed by atoms with E-state index in [4.69, 9.17) is 11.2 Å².